The number of nitrogens with zero attached hydrogens (tertiary/aromatic N) is 6. The van der Waals surface area contributed by atoms with Gasteiger partial charge in [0, 0.05) is 16.8 Å². The molecule has 0 aliphatic rings. The molecule has 1 aromatic carbocycles. The highest BCUT2D eigenvalue weighted by atomic mass is 35.5. The Hall–Kier alpha value is -4.25. The first kappa shape index (κ1) is 34.6. The summed E-state index contributed by atoms with van der Waals surface area (Å²) in [6.07, 6.45) is -11.5. The first-order valence-electron chi connectivity index (χ1n) is 13.0. The molecular weight excluding hydrogens is 672 g/mol. The Labute approximate surface area is 265 Å². The highest BCUT2D eigenvalue weighted by Gasteiger charge is 2.75. The number of amides is 2. The Morgan fingerprint density at radius 1 is 0.935 bits per heavy atom. The predicted molar refractivity (Wildman–Crippen MR) is 152 cm³/mol. The van der Waals surface area contributed by atoms with E-state index in [-0.39, 0.29) is 44.7 Å². The van der Waals surface area contributed by atoms with Gasteiger partial charge in [0.2, 0.25) is 0 Å². The van der Waals surface area contributed by atoms with Crippen molar-refractivity contribution in [3.8, 4) is 5.82 Å². The Bertz CT molecular complexity index is 1780. The minimum absolute atomic E-state index is 0.00527. The van der Waals surface area contributed by atoms with Crippen LogP contribution in [0.15, 0.2) is 42.7 Å². The number of carbonyl (C=O) groups excluding carboxylic acids is 2. The van der Waals surface area contributed by atoms with Crippen LogP contribution in [-0.2, 0) is 12.2 Å². The van der Waals surface area contributed by atoms with E-state index in [2.05, 4.69) is 30.9 Å². The molecule has 0 spiro atoms. The standard InChI is InChI=1S/C27H23Cl2F7N8O2/c1-13-8-14(28)9-16(22(45)40-24(2,3)4)20(13)39-23(46)18-10-15(41-44(18)21-17(29)6-5-7-37-21)12-43-38-11-19(42-43)25(30,26(31,32)33)27(34,35)36/h5-11H,12H2,1-4H3,(H,39,46)(H,40,45). The van der Waals surface area contributed by atoms with Crippen molar-refractivity contribution in [1.82, 2.24) is 35.1 Å². The van der Waals surface area contributed by atoms with Gasteiger partial charge < -0.3 is 10.6 Å². The van der Waals surface area contributed by atoms with Crippen molar-refractivity contribution in [1.29, 1.82) is 0 Å². The van der Waals surface area contributed by atoms with Gasteiger partial charge in [0.05, 0.1) is 28.2 Å². The van der Waals surface area contributed by atoms with Crippen LogP contribution in [0.5, 0.6) is 0 Å². The quantitative estimate of drug-likeness (QED) is 0.211. The lowest BCUT2D eigenvalue weighted by molar-refractivity contribution is -0.350. The van der Waals surface area contributed by atoms with Crippen molar-refractivity contribution in [2.45, 2.75) is 57.8 Å². The molecule has 246 valence electrons. The maximum atomic E-state index is 14.5. The molecule has 0 aliphatic heterocycles. The largest absolute Gasteiger partial charge is 0.437 e. The van der Waals surface area contributed by atoms with Crippen molar-refractivity contribution in [2.75, 3.05) is 5.32 Å². The second-order valence-electron chi connectivity index (χ2n) is 11.0. The summed E-state index contributed by atoms with van der Waals surface area (Å²) in [5.74, 6) is -1.51. The molecule has 3 heterocycles. The molecule has 4 rings (SSSR count). The third-order valence-corrected chi connectivity index (χ3v) is 6.69. The molecule has 10 nitrogen and oxygen atoms in total. The van der Waals surface area contributed by atoms with Crippen LogP contribution in [0.4, 0.5) is 36.4 Å². The second kappa shape index (κ2) is 12.2. The fourth-order valence-corrected chi connectivity index (χ4v) is 4.64. The zero-order valence-electron chi connectivity index (χ0n) is 24.2. The number of nitrogens with one attached hydrogen (secondary N) is 2. The van der Waals surface area contributed by atoms with E-state index in [9.17, 15) is 40.3 Å². The van der Waals surface area contributed by atoms with E-state index >= 15 is 0 Å². The van der Waals surface area contributed by atoms with Crippen molar-refractivity contribution in [2.24, 2.45) is 0 Å². The number of pyridine rings is 1. The SMILES string of the molecule is Cc1cc(Cl)cc(C(=O)NC(C)(C)C)c1NC(=O)c1cc(Cn2ncc(C(F)(C(F)(F)F)C(F)(F)F)n2)nn1-c1ncccc1Cl. The summed E-state index contributed by atoms with van der Waals surface area (Å²) in [5.41, 5.74) is -8.43. The van der Waals surface area contributed by atoms with E-state index in [1.165, 1.54) is 30.5 Å². The third-order valence-electron chi connectivity index (χ3n) is 6.18. The number of benzene rings is 1. The summed E-state index contributed by atoms with van der Waals surface area (Å²) in [6, 6.07) is 6.85. The molecule has 0 saturated carbocycles. The molecule has 46 heavy (non-hydrogen) atoms. The van der Waals surface area contributed by atoms with Gasteiger partial charge in [-0.05, 0) is 63.6 Å². The molecule has 0 bridgehead atoms. The number of hydrogen-bond donors (Lipinski definition) is 2. The summed E-state index contributed by atoms with van der Waals surface area (Å²) in [5, 5.41) is 16.2. The minimum atomic E-state index is -6.39. The minimum Gasteiger partial charge on any atom is -0.347 e. The van der Waals surface area contributed by atoms with E-state index in [0.717, 1.165) is 10.7 Å². The summed E-state index contributed by atoms with van der Waals surface area (Å²) >= 11 is 12.4. The Kier molecular flexibility index (Phi) is 9.16. The summed E-state index contributed by atoms with van der Waals surface area (Å²) in [4.78, 5) is 31.2. The maximum absolute atomic E-state index is 14.5. The Balaban J connectivity index is 1.76. The number of alkyl halides is 7. The van der Waals surface area contributed by atoms with Gasteiger partial charge in [0.15, 0.2) is 5.82 Å². The van der Waals surface area contributed by atoms with Gasteiger partial charge in [-0.15, -0.1) is 0 Å². The summed E-state index contributed by atoms with van der Waals surface area (Å²) in [6.45, 7) is 6.11. The summed E-state index contributed by atoms with van der Waals surface area (Å²) < 4.78 is 94.6. The van der Waals surface area contributed by atoms with Crippen LogP contribution in [0.25, 0.3) is 5.82 Å². The first-order chi connectivity index (χ1) is 21.1. The number of aryl methyl sites for hydroxylation is 1. The molecule has 2 N–H and O–H groups in total. The fourth-order valence-electron chi connectivity index (χ4n) is 4.16. The average molecular weight is 695 g/mol. The number of rotatable bonds is 7. The molecule has 3 aromatic heterocycles. The molecule has 0 aliphatic carbocycles. The van der Waals surface area contributed by atoms with Crippen LogP contribution in [0.2, 0.25) is 10.0 Å². The monoisotopic (exact) mass is 694 g/mol. The highest BCUT2D eigenvalue weighted by Crippen LogP contribution is 2.52. The predicted octanol–water partition coefficient (Wildman–Crippen LogP) is 6.59. The molecule has 0 unspecified atom stereocenters. The topological polar surface area (TPSA) is 120 Å². The highest BCUT2D eigenvalue weighted by molar-refractivity contribution is 6.32. The lowest BCUT2D eigenvalue weighted by Crippen LogP contribution is -2.50. The number of halogens is 9. The van der Waals surface area contributed by atoms with Gasteiger partial charge in [-0.2, -0.15) is 46.4 Å². The number of anilines is 1. The van der Waals surface area contributed by atoms with E-state index in [1.807, 2.05) is 0 Å². The molecule has 0 saturated heterocycles. The van der Waals surface area contributed by atoms with Gasteiger partial charge in [-0.25, -0.2) is 14.1 Å². The lowest BCUT2D eigenvalue weighted by Gasteiger charge is -2.27. The van der Waals surface area contributed by atoms with Crippen molar-refractivity contribution in [3.63, 3.8) is 0 Å². The van der Waals surface area contributed by atoms with Crippen LogP contribution >= 0.6 is 23.2 Å². The number of aromatic nitrogens is 6. The van der Waals surface area contributed by atoms with Crippen LogP contribution in [0.1, 0.15) is 58.6 Å². The first-order valence-corrected chi connectivity index (χ1v) is 13.7. The average Bonchev–Trinajstić information content (AvgIpc) is 3.55. The van der Waals surface area contributed by atoms with Crippen LogP contribution in [0, 0.1) is 6.92 Å². The van der Waals surface area contributed by atoms with Crippen molar-refractivity contribution >= 4 is 40.7 Å². The van der Waals surface area contributed by atoms with E-state index in [1.54, 1.807) is 27.7 Å². The van der Waals surface area contributed by atoms with Crippen LogP contribution < -0.4 is 10.6 Å². The Morgan fingerprint density at radius 2 is 1.59 bits per heavy atom. The maximum Gasteiger partial charge on any atom is 0.437 e. The van der Waals surface area contributed by atoms with Gasteiger partial charge in [-0.1, -0.05) is 23.2 Å². The van der Waals surface area contributed by atoms with Crippen LogP contribution in [0.3, 0.4) is 0 Å². The molecule has 0 fully saturated rings. The molecule has 0 radical (unpaired) electrons. The molecule has 19 heteroatoms. The van der Waals surface area contributed by atoms with Gasteiger partial charge in [0.1, 0.15) is 17.9 Å². The van der Waals surface area contributed by atoms with Gasteiger partial charge >= 0.3 is 18.0 Å². The van der Waals surface area contributed by atoms with Gasteiger partial charge in [0.25, 0.3) is 11.8 Å². The van der Waals surface area contributed by atoms with E-state index in [0.29, 0.717) is 10.4 Å². The zero-order chi connectivity index (χ0) is 34.4. The number of hydrogen-bond acceptors (Lipinski definition) is 6. The molecule has 4 aromatic rings. The smallest absolute Gasteiger partial charge is 0.347 e. The van der Waals surface area contributed by atoms with E-state index in [4.69, 9.17) is 23.2 Å². The molecular formula is C27H23Cl2F7N8O2. The second-order valence-corrected chi connectivity index (χ2v) is 11.8. The molecule has 0 atom stereocenters. The Morgan fingerprint density at radius 3 is 2.17 bits per heavy atom. The normalized spacial score (nSPS) is 12.7. The van der Waals surface area contributed by atoms with Crippen LogP contribution in [-0.4, -0.2) is 59.5 Å². The summed E-state index contributed by atoms with van der Waals surface area (Å²) in [7, 11) is 0. The van der Waals surface area contributed by atoms with Crippen molar-refractivity contribution in [3.05, 3.63) is 81.0 Å². The lowest BCUT2D eigenvalue weighted by atomic mass is 10.0. The number of carbonyl (C=O) groups is 2. The zero-order valence-corrected chi connectivity index (χ0v) is 25.7. The third kappa shape index (κ3) is 6.94. The van der Waals surface area contributed by atoms with E-state index < -0.39 is 47.6 Å². The molecule has 2 amide bonds. The van der Waals surface area contributed by atoms with Crippen molar-refractivity contribution < 1.29 is 40.3 Å². The fraction of sp³-hybridized carbons (Fsp3) is 0.333. The van der Waals surface area contributed by atoms with Gasteiger partial charge in [-0.3, -0.25) is 9.59 Å².